The van der Waals surface area contributed by atoms with E-state index in [2.05, 4.69) is 0 Å². The summed E-state index contributed by atoms with van der Waals surface area (Å²) in [5, 5.41) is 125. The second kappa shape index (κ2) is 14.8. The topological polar surface area (TPSA) is 319 Å². The number of hydrogen-bond donors (Lipinski definition) is 12. The van der Waals surface area contributed by atoms with Gasteiger partial charge in [-0.15, -0.1) is 0 Å². The lowest BCUT2D eigenvalue weighted by Crippen LogP contribution is -2.62. The number of aromatic hydroxyl groups is 2. The van der Waals surface area contributed by atoms with E-state index in [4.69, 9.17) is 28.1 Å². The Morgan fingerprint density at radius 2 is 1.22 bits per heavy atom. The third kappa shape index (κ3) is 6.78. The smallest absolute Gasteiger partial charge is 0.229 e. The van der Waals surface area contributed by atoms with Crippen LogP contribution in [-0.2, 0) is 18.9 Å². The molecule has 12 N–H and O–H groups in total. The van der Waals surface area contributed by atoms with Crippen LogP contribution in [0.3, 0.4) is 0 Å². The zero-order valence-electron chi connectivity index (χ0n) is 26.4. The lowest BCUT2D eigenvalue weighted by molar-refractivity contribution is -0.321. The zero-order valence-corrected chi connectivity index (χ0v) is 26.4. The van der Waals surface area contributed by atoms with Crippen molar-refractivity contribution in [2.45, 2.75) is 85.8 Å². The molecule has 280 valence electrons. The fourth-order valence-corrected chi connectivity index (χ4v) is 6.33. The molecule has 3 fully saturated rings. The molecule has 3 aliphatic heterocycles. The number of hydrogen-bond acceptors (Lipinski definition) is 19. The molecular formula is C32H38O19. The SMILES string of the molecule is O=c1cc(-c2ccc(O)cc2)oc2cc(OC3OC(CO)C(O)C(O)C3OC3OC(CO)C(O)C3O)c(C3OC(CO)C(O)C(O)C3O)c(O)c12. The van der Waals surface area contributed by atoms with Gasteiger partial charge >= 0.3 is 0 Å². The van der Waals surface area contributed by atoms with E-state index >= 15 is 0 Å². The van der Waals surface area contributed by atoms with Gasteiger partial charge in [-0.1, -0.05) is 0 Å². The first-order valence-corrected chi connectivity index (χ1v) is 15.8. The van der Waals surface area contributed by atoms with E-state index in [9.17, 15) is 66.1 Å². The molecule has 14 atom stereocenters. The number of rotatable bonds is 9. The molecule has 19 heteroatoms. The Balaban J connectivity index is 1.49. The molecule has 0 aliphatic carbocycles. The van der Waals surface area contributed by atoms with Gasteiger partial charge in [-0.2, -0.15) is 0 Å². The molecule has 2 aromatic carbocycles. The van der Waals surface area contributed by atoms with E-state index < -0.39 is 134 Å². The molecule has 3 aromatic rings. The largest absolute Gasteiger partial charge is 0.508 e. The molecule has 0 amide bonds. The Kier molecular flexibility index (Phi) is 10.8. The first-order valence-electron chi connectivity index (χ1n) is 15.8. The maximum absolute atomic E-state index is 13.5. The van der Waals surface area contributed by atoms with Crippen LogP contribution in [0.2, 0.25) is 0 Å². The lowest BCUT2D eigenvalue weighted by atomic mass is 9.89. The Hall–Kier alpha value is -3.51. The minimum atomic E-state index is -2.02. The quantitative estimate of drug-likeness (QED) is 0.100. The highest BCUT2D eigenvalue weighted by Crippen LogP contribution is 2.46. The van der Waals surface area contributed by atoms with E-state index in [1.165, 1.54) is 24.3 Å². The zero-order chi connectivity index (χ0) is 36.9. The molecule has 3 aliphatic rings. The van der Waals surface area contributed by atoms with Crippen molar-refractivity contribution >= 4 is 11.0 Å². The first-order chi connectivity index (χ1) is 24.3. The fraction of sp³-hybridized carbons (Fsp3) is 0.531. The van der Waals surface area contributed by atoms with Crippen molar-refractivity contribution in [1.29, 1.82) is 0 Å². The summed E-state index contributed by atoms with van der Waals surface area (Å²) >= 11 is 0. The average molecular weight is 727 g/mol. The first kappa shape index (κ1) is 37.3. The maximum atomic E-state index is 13.5. The molecule has 0 spiro atoms. The number of benzene rings is 2. The highest BCUT2D eigenvalue weighted by Gasteiger charge is 2.52. The van der Waals surface area contributed by atoms with Gasteiger partial charge in [0.05, 0.1) is 25.4 Å². The van der Waals surface area contributed by atoms with Crippen molar-refractivity contribution in [2.24, 2.45) is 0 Å². The minimum absolute atomic E-state index is 0.0307. The minimum Gasteiger partial charge on any atom is -0.508 e. The third-order valence-electron chi connectivity index (χ3n) is 9.18. The molecule has 51 heavy (non-hydrogen) atoms. The van der Waals surface area contributed by atoms with E-state index in [-0.39, 0.29) is 17.1 Å². The van der Waals surface area contributed by atoms with Crippen LogP contribution in [0.25, 0.3) is 22.3 Å². The molecule has 0 radical (unpaired) electrons. The number of fused-ring (bicyclic) bond motifs is 1. The van der Waals surface area contributed by atoms with Crippen LogP contribution in [0, 0.1) is 0 Å². The van der Waals surface area contributed by atoms with Crippen LogP contribution in [0.15, 0.2) is 45.6 Å². The van der Waals surface area contributed by atoms with Crippen molar-refractivity contribution in [2.75, 3.05) is 19.8 Å². The lowest BCUT2D eigenvalue weighted by Gasteiger charge is -2.43. The van der Waals surface area contributed by atoms with Gasteiger partial charge in [0.2, 0.25) is 6.29 Å². The van der Waals surface area contributed by atoms with Gasteiger partial charge in [-0.3, -0.25) is 4.79 Å². The van der Waals surface area contributed by atoms with Gasteiger partial charge in [0.1, 0.15) is 101 Å². The van der Waals surface area contributed by atoms with Crippen molar-refractivity contribution in [3.05, 3.63) is 52.2 Å². The third-order valence-corrected chi connectivity index (χ3v) is 9.18. The Labute approximate surface area is 286 Å². The predicted molar refractivity (Wildman–Crippen MR) is 165 cm³/mol. The summed E-state index contributed by atoms with van der Waals surface area (Å²) in [4.78, 5) is 13.5. The molecule has 19 nitrogen and oxygen atoms in total. The summed E-state index contributed by atoms with van der Waals surface area (Å²) in [6.45, 7) is -2.46. The maximum Gasteiger partial charge on any atom is 0.229 e. The van der Waals surface area contributed by atoms with Crippen LogP contribution in [0.4, 0.5) is 0 Å². The molecule has 0 bridgehead atoms. The normalized spacial score (nSPS) is 37.1. The molecule has 3 saturated heterocycles. The van der Waals surface area contributed by atoms with Gasteiger partial charge in [-0.05, 0) is 24.3 Å². The van der Waals surface area contributed by atoms with E-state index in [0.29, 0.717) is 5.56 Å². The van der Waals surface area contributed by atoms with E-state index in [1.54, 1.807) is 0 Å². The highest BCUT2D eigenvalue weighted by molar-refractivity contribution is 5.88. The summed E-state index contributed by atoms with van der Waals surface area (Å²) in [7, 11) is 0. The Bertz CT molecular complexity index is 1730. The number of phenolic OH excluding ortho intramolecular Hbond substituents is 2. The number of phenols is 2. The monoisotopic (exact) mass is 726 g/mol. The van der Waals surface area contributed by atoms with Crippen LogP contribution in [-0.4, -0.2) is 161 Å². The predicted octanol–water partition coefficient (Wildman–Crippen LogP) is -3.97. The molecule has 4 heterocycles. The standard InChI is InChI=1S/C32H38O19/c33-7-16-21(38)25(42)27(44)29(47-16)20-15(6-14-19(24(20)41)12(37)5-13(46-14)10-1-3-11(36)4-2-10)48-32-30(26(43)22(39)17(8-34)50-32)51-31-28(45)23(40)18(9-35)49-31/h1-6,16-18,21-23,25-36,38-45H,7-9H2. The Morgan fingerprint density at radius 1 is 0.647 bits per heavy atom. The van der Waals surface area contributed by atoms with Crippen LogP contribution >= 0.6 is 0 Å². The van der Waals surface area contributed by atoms with Gasteiger partial charge in [0, 0.05) is 17.7 Å². The van der Waals surface area contributed by atoms with Crippen molar-refractivity contribution < 1.29 is 89.4 Å². The molecular weight excluding hydrogens is 688 g/mol. The molecule has 14 unspecified atom stereocenters. The summed E-state index contributed by atoms with van der Waals surface area (Å²) in [5.41, 5.74) is -1.35. The van der Waals surface area contributed by atoms with Crippen molar-refractivity contribution in [3.63, 3.8) is 0 Å². The van der Waals surface area contributed by atoms with Gasteiger partial charge in [0.15, 0.2) is 17.8 Å². The van der Waals surface area contributed by atoms with Crippen LogP contribution in [0.5, 0.6) is 17.2 Å². The second-order valence-corrected chi connectivity index (χ2v) is 12.4. The fourth-order valence-electron chi connectivity index (χ4n) is 6.33. The van der Waals surface area contributed by atoms with Crippen molar-refractivity contribution in [3.8, 4) is 28.6 Å². The van der Waals surface area contributed by atoms with Gasteiger partial charge < -0.3 is 89.4 Å². The summed E-state index contributed by atoms with van der Waals surface area (Å²) in [6.07, 6.45) is -24.6. The number of aliphatic hydroxyl groups excluding tert-OH is 10. The Morgan fingerprint density at radius 3 is 1.84 bits per heavy atom. The average Bonchev–Trinajstić information content (AvgIpc) is 3.38. The highest BCUT2D eigenvalue weighted by atomic mass is 16.8. The van der Waals surface area contributed by atoms with Crippen LogP contribution < -0.4 is 10.2 Å². The van der Waals surface area contributed by atoms with E-state index in [0.717, 1.165) is 12.1 Å². The second-order valence-electron chi connectivity index (χ2n) is 12.4. The van der Waals surface area contributed by atoms with Gasteiger partial charge in [-0.25, -0.2) is 0 Å². The number of ether oxygens (including phenoxy) is 5. The molecule has 6 rings (SSSR count). The number of aliphatic hydroxyl groups is 10. The molecule has 0 saturated carbocycles. The summed E-state index contributed by atoms with van der Waals surface area (Å²) < 4.78 is 34.4. The molecule has 1 aromatic heterocycles. The van der Waals surface area contributed by atoms with E-state index in [1.807, 2.05) is 0 Å². The van der Waals surface area contributed by atoms with Gasteiger partial charge in [0.25, 0.3) is 0 Å². The summed E-state index contributed by atoms with van der Waals surface area (Å²) in [6, 6.07) is 7.63. The van der Waals surface area contributed by atoms with Crippen molar-refractivity contribution in [1.82, 2.24) is 0 Å². The summed E-state index contributed by atoms with van der Waals surface area (Å²) in [5.74, 6) is -1.55. The van der Waals surface area contributed by atoms with Crippen LogP contribution in [0.1, 0.15) is 11.7 Å².